The van der Waals surface area contributed by atoms with Gasteiger partial charge in [-0.3, -0.25) is 0 Å². The molecule has 0 unspecified atom stereocenters. The maximum atomic E-state index is 12.0. The normalized spacial score (nSPS) is 16.5. The second-order valence-electron chi connectivity index (χ2n) is 10.7. The van der Waals surface area contributed by atoms with Crippen LogP contribution in [0.15, 0.2) is 30.3 Å². The Morgan fingerprint density at radius 3 is 2.15 bits per heavy atom. The smallest absolute Gasteiger partial charge is 0.422 e. The van der Waals surface area contributed by atoms with Gasteiger partial charge in [0.05, 0.1) is 0 Å². The van der Waals surface area contributed by atoms with Gasteiger partial charge in [0.25, 0.3) is 0 Å². The number of unbranched alkanes of at least 4 members (excludes halogenated alkanes) is 9. The van der Waals surface area contributed by atoms with Crippen molar-refractivity contribution in [1.29, 1.82) is 0 Å². The number of cyclic esters (lactones) is 1. The molecule has 1 aromatic carbocycles. The number of carbonyl (C=O) groups is 1. The van der Waals surface area contributed by atoms with E-state index in [1.165, 1.54) is 51.4 Å². The molecule has 1 aromatic rings. The standard InChI is InChI=1S/C28H45NO3Si/c1-28(2,3)33(4,5)32-23-19-14-12-10-8-6-7-9-11-13-18-22-29-26(24-31-27(29)30)25-20-16-15-17-21-25/h15-17,20-21,26H,6-14,19,23-24H2,1-5H3/t26-/m0/s1. The highest BCUT2D eigenvalue weighted by Gasteiger charge is 2.36. The van der Waals surface area contributed by atoms with Gasteiger partial charge in [-0.05, 0) is 36.5 Å². The first-order chi connectivity index (χ1) is 15.7. The van der Waals surface area contributed by atoms with Crippen molar-refractivity contribution in [2.24, 2.45) is 0 Å². The summed E-state index contributed by atoms with van der Waals surface area (Å²) in [4.78, 5) is 13.5. The van der Waals surface area contributed by atoms with Crippen molar-refractivity contribution in [3.05, 3.63) is 35.9 Å². The lowest BCUT2D eigenvalue weighted by Gasteiger charge is -2.36. The van der Waals surface area contributed by atoms with Crippen LogP contribution in [0.25, 0.3) is 0 Å². The number of carbonyl (C=O) groups excluding carboxylic acids is 1. The molecule has 5 heteroatoms. The van der Waals surface area contributed by atoms with Gasteiger partial charge in [0, 0.05) is 19.1 Å². The van der Waals surface area contributed by atoms with Gasteiger partial charge < -0.3 is 9.16 Å². The Morgan fingerprint density at radius 1 is 0.970 bits per heavy atom. The van der Waals surface area contributed by atoms with E-state index in [0.29, 0.717) is 11.6 Å². The monoisotopic (exact) mass is 471 g/mol. The van der Waals surface area contributed by atoms with Crippen LogP contribution >= 0.6 is 0 Å². The molecule has 1 aliphatic heterocycles. The molecule has 1 aliphatic rings. The second-order valence-corrected chi connectivity index (χ2v) is 15.5. The van der Waals surface area contributed by atoms with Gasteiger partial charge in [0.2, 0.25) is 0 Å². The molecule has 1 heterocycles. The van der Waals surface area contributed by atoms with E-state index in [1.54, 1.807) is 4.90 Å². The average molecular weight is 472 g/mol. The molecular formula is C28H45NO3Si. The predicted octanol–water partition coefficient (Wildman–Crippen LogP) is 8.06. The molecule has 1 saturated heterocycles. The summed E-state index contributed by atoms with van der Waals surface area (Å²) in [5.41, 5.74) is 1.07. The highest BCUT2D eigenvalue weighted by atomic mass is 28.4. The van der Waals surface area contributed by atoms with Crippen LogP contribution in [-0.2, 0) is 9.16 Å². The van der Waals surface area contributed by atoms with E-state index in [1.807, 2.05) is 30.3 Å². The molecule has 0 radical (unpaired) electrons. The molecule has 0 spiro atoms. The van der Waals surface area contributed by atoms with Crippen LogP contribution in [-0.4, -0.2) is 32.5 Å². The molecule has 0 aliphatic carbocycles. The van der Waals surface area contributed by atoms with Crippen LogP contribution in [0.5, 0.6) is 0 Å². The van der Waals surface area contributed by atoms with Crippen LogP contribution in [0, 0.1) is 12.0 Å². The molecule has 33 heavy (non-hydrogen) atoms. The highest BCUT2D eigenvalue weighted by Crippen LogP contribution is 2.36. The molecule has 4 nitrogen and oxygen atoms in total. The Morgan fingerprint density at radius 2 is 1.55 bits per heavy atom. The Balaban J connectivity index is 1.47. The quantitative estimate of drug-likeness (QED) is 0.166. The van der Waals surface area contributed by atoms with E-state index >= 15 is 0 Å². The number of ether oxygens (including phenoxy) is 1. The average Bonchev–Trinajstić information content (AvgIpc) is 3.14. The number of rotatable bonds is 13. The molecular weight excluding hydrogens is 426 g/mol. The van der Waals surface area contributed by atoms with Crippen molar-refractivity contribution in [3.8, 4) is 12.0 Å². The van der Waals surface area contributed by atoms with E-state index in [0.717, 1.165) is 25.0 Å². The zero-order chi connectivity index (χ0) is 24.2. The minimum Gasteiger partial charge on any atom is -0.446 e. The Hall–Kier alpha value is -1.77. The van der Waals surface area contributed by atoms with Gasteiger partial charge >= 0.3 is 6.09 Å². The Labute approximate surface area is 203 Å². The minimum atomic E-state index is -1.57. The summed E-state index contributed by atoms with van der Waals surface area (Å²) in [6, 6.07) is 12.9. The van der Waals surface area contributed by atoms with Crippen LogP contribution in [0.4, 0.5) is 4.79 Å². The van der Waals surface area contributed by atoms with Crippen molar-refractivity contribution >= 4 is 14.4 Å². The van der Waals surface area contributed by atoms with E-state index in [2.05, 4.69) is 45.8 Å². The summed E-state index contributed by atoms with van der Waals surface area (Å²) >= 11 is 0. The van der Waals surface area contributed by atoms with Gasteiger partial charge in [-0.2, -0.15) is 0 Å². The largest absolute Gasteiger partial charge is 0.446 e. The third-order valence-electron chi connectivity index (χ3n) is 6.97. The van der Waals surface area contributed by atoms with E-state index in [9.17, 15) is 4.79 Å². The lowest BCUT2D eigenvalue weighted by molar-refractivity contribution is 0.167. The fourth-order valence-corrected chi connectivity index (χ4v) is 4.79. The first-order valence-electron chi connectivity index (χ1n) is 12.9. The van der Waals surface area contributed by atoms with Crippen molar-refractivity contribution in [2.45, 2.75) is 109 Å². The molecule has 0 N–H and O–H groups in total. The molecule has 1 amide bonds. The van der Waals surface area contributed by atoms with Crippen LogP contribution in [0.3, 0.4) is 0 Å². The van der Waals surface area contributed by atoms with E-state index < -0.39 is 8.32 Å². The van der Waals surface area contributed by atoms with Gasteiger partial charge in [-0.25, -0.2) is 9.69 Å². The third kappa shape index (κ3) is 9.55. The van der Waals surface area contributed by atoms with Crippen molar-refractivity contribution in [1.82, 2.24) is 4.90 Å². The first kappa shape index (κ1) is 27.5. The molecule has 0 aromatic heterocycles. The molecule has 2 rings (SSSR count). The number of hydrogen-bond donors (Lipinski definition) is 0. The third-order valence-corrected chi connectivity index (χ3v) is 11.5. The minimum absolute atomic E-state index is 0.0928. The molecule has 1 atom stereocenters. The lowest BCUT2D eigenvalue weighted by Crippen LogP contribution is -2.40. The number of benzene rings is 1. The van der Waals surface area contributed by atoms with E-state index in [4.69, 9.17) is 9.16 Å². The maximum absolute atomic E-state index is 12.0. The number of hydrogen-bond acceptors (Lipinski definition) is 3. The molecule has 0 saturated carbocycles. The summed E-state index contributed by atoms with van der Waals surface area (Å²) in [6.07, 6.45) is 11.8. The molecule has 1 fully saturated rings. The van der Waals surface area contributed by atoms with Crippen molar-refractivity contribution in [2.75, 3.05) is 13.2 Å². The van der Waals surface area contributed by atoms with Crippen LogP contribution in [0.2, 0.25) is 18.1 Å². The summed E-state index contributed by atoms with van der Waals surface area (Å²) in [7, 11) is -1.57. The lowest BCUT2D eigenvalue weighted by atomic mass is 10.1. The Bertz CT molecular complexity index is 761. The van der Waals surface area contributed by atoms with Crippen molar-refractivity contribution in [3.63, 3.8) is 0 Å². The first-order valence-corrected chi connectivity index (χ1v) is 15.8. The molecule has 184 valence electrons. The molecule has 0 bridgehead atoms. The summed E-state index contributed by atoms with van der Waals surface area (Å²) in [6.45, 7) is 12.9. The maximum Gasteiger partial charge on any atom is 0.422 e. The van der Waals surface area contributed by atoms with Gasteiger partial charge in [-0.1, -0.05) is 102 Å². The van der Waals surface area contributed by atoms with Gasteiger partial charge in [0.1, 0.15) is 12.6 Å². The van der Waals surface area contributed by atoms with Crippen molar-refractivity contribution < 1.29 is 14.0 Å². The summed E-state index contributed by atoms with van der Waals surface area (Å²) in [5, 5.41) is 0.309. The highest BCUT2D eigenvalue weighted by molar-refractivity contribution is 6.74. The zero-order valence-electron chi connectivity index (χ0n) is 21.6. The topological polar surface area (TPSA) is 38.8 Å². The summed E-state index contributed by atoms with van der Waals surface area (Å²) < 4.78 is 11.5. The number of nitrogens with zero attached hydrogens (tertiary/aromatic N) is 1. The van der Waals surface area contributed by atoms with E-state index in [-0.39, 0.29) is 12.1 Å². The summed E-state index contributed by atoms with van der Waals surface area (Å²) in [5.74, 6) is 3.17. The fourth-order valence-electron chi connectivity index (χ4n) is 3.70. The SMILES string of the molecule is CC(C)(C)[Si](C)(C)OCCCCCCCCCCCC#CN1C(=O)OC[C@H]1c1ccccc1. The van der Waals surface area contributed by atoms with Gasteiger partial charge in [-0.15, -0.1) is 0 Å². The Kier molecular flexibility index (Phi) is 11.5. The van der Waals surface area contributed by atoms with Crippen LogP contribution < -0.4 is 0 Å². The zero-order valence-corrected chi connectivity index (χ0v) is 22.6. The second kappa shape index (κ2) is 13.8. The predicted molar refractivity (Wildman–Crippen MR) is 139 cm³/mol. The van der Waals surface area contributed by atoms with Crippen LogP contribution in [0.1, 0.15) is 96.6 Å². The fraction of sp³-hybridized carbons (Fsp3) is 0.679. The number of amides is 1. The van der Waals surface area contributed by atoms with Gasteiger partial charge in [0.15, 0.2) is 8.32 Å².